The van der Waals surface area contributed by atoms with Crippen molar-refractivity contribution in [3.63, 3.8) is 0 Å². The zero-order valence-corrected chi connectivity index (χ0v) is 20.7. The average Bonchev–Trinajstić information content (AvgIpc) is 3.53. The fourth-order valence-electron chi connectivity index (χ4n) is 4.61. The van der Waals surface area contributed by atoms with E-state index in [2.05, 4.69) is 26.4 Å². The summed E-state index contributed by atoms with van der Waals surface area (Å²) in [5.41, 5.74) is 0.516. The van der Waals surface area contributed by atoms with E-state index >= 15 is 0 Å². The van der Waals surface area contributed by atoms with Crippen LogP contribution in [0.2, 0.25) is 0 Å². The molecule has 4 N–H and O–H groups in total. The van der Waals surface area contributed by atoms with Crippen LogP contribution in [-0.4, -0.2) is 65.8 Å². The van der Waals surface area contributed by atoms with Crippen LogP contribution in [0.1, 0.15) is 50.5 Å². The number of amides is 4. The fourth-order valence-corrected chi connectivity index (χ4v) is 6.15. The fraction of sp³-hybridized carbons (Fsp3) is 0.583. The number of oxime groups is 1. The maximum absolute atomic E-state index is 13.9. The molecule has 9 nitrogen and oxygen atoms in total. The molecule has 0 radical (unpaired) electrons. The van der Waals surface area contributed by atoms with Crippen molar-refractivity contribution in [1.29, 1.82) is 0 Å². The van der Waals surface area contributed by atoms with E-state index in [-0.39, 0.29) is 48.3 Å². The summed E-state index contributed by atoms with van der Waals surface area (Å²) >= 11 is 1.87. The predicted molar refractivity (Wildman–Crippen MR) is 132 cm³/mol. The highest BCUT2D eigenvalue weighted by Crippen LogP contribution is 2.33. The molecule has 0 aromatic heterocycles. The van der Waals surface area contributed by atoms with Gasteiger partial charge in [-0.3, -0.25) is 9.59 Å². The molecule has 3 heterocycles. The standard InChI is InChI=1S/C24H31F2N5O4S/c25-14-6-7-16(17(26)10-14)18-11-15(35-31-18)12-22(33)28-9-3-8-27-21(32)5-2-1-4-20-23-19(13-36-20)29-24(34)30-23/h6-7,10,15,19-20,23H,1-5,8-9,11-13H2,(H,27,32)(H,28,33)(H2,29,30,34)/t15?,19-,20?,23-/m1/s1. The molecule has 1 aromatic rings. The molecule has 0 aliphatic carbocycles. The smallest absolute Gasteiger partial charge is 0.315 e. The lowest BCUT2D eigenvalue weighted by Gasteiger charge is -2.16. The molecular weight excluding hydrogens is 492 g/mol. The van der Waals surface area contributed by atoms with Gasteiger partial charge in [0.15, 0.2) is 0 Å². The van der Waals surface area contributed by atoms with Crippen LogP contribution in [0.4, 0.5) is 13.6 Å². The summed E-state index contributed by atoms with van der Waals surface area (Å²) in [5, 5.41) is 15.8. The minimum Gasteiger partial charge on any atom is -0.391 e. The van der Waals surface area contributed by atoms with Crippen molar-refractivity contribution in [3.8, 4) is 0 Å². The van der Waals surface area contributed by atoms with E-state index < -0.39 is 17.7 Å². The average molecular weight is 524 g/mol. The van der Waals surface area contributed by atoms with Crippen LogP contribution in [0.3, 0.4) is 0 Å². The highest BCUT2D eigenvalue weighted by molar-refractivity contribution is 8.00. The van der Waals surface area contributed by atoms with E-state index in [9.17, 15) is 23.2 Å². The Morgan fingerprint density at radius 1 is 1.11 bits per heavy atom. The summed E-state index contributed by atoms with van der Waals surface area (Å²) in [6.07, 6.45) is 3.59. The second kappa shape index (κ2) is 12.4. The zero-order valence-electron chi connectivity index (χ0n) is 19.9. The largest absolute Gasteiger partial charge is 0.391 e. The molecule has 2 unspecified atom stereocenters. The number of carbonyl (C=O) groups is 3. The van der Waals surface area contributed by atoms with Gasteiger partial charge in [-0.05, 0) is 31.4 Å². The van der Waals surface area contributed by atoms with Crippen LogP contribution >= 0.6 is 11.8 Å². The molecule has 36 heavy (non-hydrogen) atoms. The number of fused-ring (bicyclic) bond motifs is 1. The highest BCUT2D eigenvalue weighted by atomic mass is 32.2. The van der Waals surface area contributed by atoms with Crippen molar-refractivity contribution in [3.05, 3.63) is 35.4 Å². The number of halogens is 2. The van der Waals surface area contributed by atoms with Crippen LogP contribution < -0.4 is 21.3 Å². The third-order valence-corrected chi connectivity index (χ3v) is 7.98. The second-order valence-electron chi connectivity index (χ2n) is 9.22. The Labute approximate surface area is 212 Å². The Bertz CT molecular complexity index is 1010. The molecule has 196 valence electrons. The lowest BCUT2D eigenvalue weighted by Crippen LogP contribution is -2.36. The molecule has 4 atom stereocenters. The first-order valence-electron chi connectivity index (χ1n) is 12.3. The third kappa shape index (κ3) is 7.08. The topological polar surface area (TPSA) is 121 Å². The van der Waals surface area contributed by atoms with Crippen LogP contribution in [0.15, 0.2) is 23.4 Å². The first kappa shape index (κ1) is 26.2. The Kier molecular flexibility index (Phi) is 9.00. The highest BCUT2D eigenvalue weighted by Gasteiger charge is 2.42. The summed E-state index contributed by atoms with van der Waals surface area (Å²) in [7, 11) is 0. The van der Waals surface area contributed by atoms with Gasteiger partial charge in [-0.15, -0.1) is 0 Å². The SMILES string of the molecule is O=C(CCCCC1SC[C@H]2NC(=O)N[C@@H]12)NCCCNC(=O)CC1CC(c2ccc(F)cc2F)=NO1. The van der Waals surface area contributed by atoms with Crippen molar-refractivity contribution in [1.82, 2.24) is 21.3 Å². The number of urea groups is 1. The van der Waals surface area contributed by atoms with Crippen molar-refractivity contribution in [2.45, 2.75) is 68.4 Å². The number of unbranched alkanes of at least 4 members (excludes halogenated alkanes) is 1. The van der Waals surface area contributed by atoms with E-state index in [4.69, 9.17) is 4.84 Å². The molecule has 2 saturated heterocycles. The quantitative estimate of drug-likeness (QED) is 0.247. The normalized spacial score (nSPS) is 24.4. The van der Waals surface area contributed by atoms with Crippen molar-refractivity contribution in [2.24, 2.45) is 5.16 Å². The number of thioether (sulfide) groups is 1. The minimum absolute atomic E-state index is 0.00817. The Balaban J connectivity index is 1.01. The van der Waals surface area contributed by atoms with Crippen LogP contribution in [0, 0.1) is 11.6 Å². The molecule has 12 heteroatoms. The predicted octanol–water partition coefficient (Wildman–Crippen LogP) is 2.20. The van der Waals surface area contributed by atoms with Gasteiger partial charge in [-0.25, -0.2) is 13.6 Å². The first-order valence-corrected chi connectivity index (χ1v) is 13.3. The van der Waals surface area contributed by atoms with Crippen LogP contribution in [0.5, 0.6) is 0 Å². The van der Waals surface area contributed by atoms with E-state index in [1.54, 1.807) is 0 Å². The van der Waals surface area contributed by atoms with Gasteiger partial charge in [0, 0.05) is 48.6 Å². The lowest BCUT2D eigenvalue weighted by molar-refractivity contribution is -0.123. The Morgan fingerprint density at radius 3 is 2.72 bits per heavy atom. The van der Waals surface area contributed by atoms with Crippen molar-refractivity contribution >= 4 is 35.3 Å². The molecular formula is C24H31F2N5O4S. The molecule has 0 bridgehead atoms. The van der Waals surface area contributed by atoms with E-state index in [0.29, 0.717) is 36.9 Å². The molecule has 1 aromatic carbocycles. The summed E-state index contributed by atoms with van der Waals surface area (Å²) in [6.45, 7) is 0.878. The van der Waals surface area contributed by atoms with E-state index in [1.807, 2.05) is 11.8 Å². The van der Waals surface area contributed by atoms with E-state index in [1.165, 1.54) is 6.07 Å². The summed E-state index contributed by atoms with van der Waals surface area (Å²) in [5.74, 6) is -0.677. The number of hydrogen-bond acceptors (Lipinski definition) is 6. The second-order valence-corrected chi connectivity index (χ2v) is 10.5. The van der Waals surface area contributed by atoms with Gasteiger partial charge < -0.3 is 26.1 Å². The number of nitrogens with zero attached hydrogens (tertiary/aromatic N) is 1. The maximum atomic E-state index is 13.9. The van der Waals surface area contributed by atoms with Crippen molar-refractivity contribution < 1.29 is 28.0 Å². The molecule has 0 spiro atoms. The lowest BCUT2D eigenvalue weighted by atomic mass is 10.0. The maximum Gasteiger partial charge on any atom is 0.315 e. The monoisotopic (exact) mass is 523 g/mol. The molecule has 4 rings (SSSR count). The Morgan fingerprint density at radius 2 is 1.92 bits per heavy atom. The number of benzene rings is 1. The van der Waals surface area contributed by atoms with Crippen molar-refractivity contribution in [2.75, 3.05) is 18.8 Å². The molecule has 2 fully saturated rings. The van der Waals surface area contributed by atoms with Gasteiger partial charge in [-0.1, -0.05) is 11.6 Å². The van der Waals surface area contributed by atoms with E-state index in [0.717, 1.165) is 37.1 Å². The van der Waals surface area contributed by atoms with Gasteiger partial charge in [0.25, 0.3) is 0 Å². The van der Waals surface area contributed by atoms with Crippen LogP contribution in [0.25, 0.3) is 0 Å². The van der Waals surface area contributed by atoms with Gasteiger partial charge in [-0.2, -0.15) is 11.8 Å². The zero-order chi connectivity index (χ0) is 25.5. The number of nitrogens with one attached hydrogen (secondary N) is 4. The van der Waals surface area contributed by atoms with Gasteiger partial charge >= 0.3 is 6.03 Å². The molecule has 3 aliphatic heterocycles. The number of rotatable bonds is 12. The van der Waals surface area contributed by atoms with Gasteiger partial charge in [0.2, 0.25) is 11.8 Å². The minimum atomic E-state index is -0.716. The number of hydrogen-bond donors (Lipinski definition) is 4. The van der Waals surface area contributed by atoms with Gasteiger partial charge in [0.1, 0.15) is 17.7 Å². The van der Waals surface area contributed by atoms with Gasteiger partial charge in [0.05, 0.1) is 24.2 Å². The Hall–Kier alpha value is -2.89. The molecule has 0 saturated carbocycles. The van der Waals surface area contributed by atoms with Crippen LogP contribution in [-0.2, 0) is 14.4 Å². The number of carbonyl (C=O) groups excluding carboxylic acids is 3. The third-order valence-electron chi connectivity index (χ3n) is 6.47. The summed E-state index contributed by atoms with van der Waals surface area (Å²) in [4.78, 5) is 40.8. The first-order chi connectivity index (χ1) is 17.4. The molecule has 4 amide bonds. The summed E-state index contributed by atoms with van der Waals surface area (Å²) in [6, 6.07) is 3.58. The molecule has 3 aliphatic rings. The summed E-state index contributed by atoms with van der Waals surface area (Å²) < 4.78 is 27.0.